The monoisotopic (exact) mass is 342 g/mol. The van der Waals surface area contributed by atoms with Crippen LogP contribution in [0.15, 0.2) is 35.5 Å². The molecule has 1 atom stereocenters. The summed E-state index contributed by atoms with van der Waals surface area (Å²) in [7, 11) is 0. The van der Waals surface area contributed by atoms with E-state index in [1.54, 1.807) is 0 Å². The molecular formula is C18H22N4OS. The Balaban J connectivity index is 1.36. The third-order valence-corrected chi connectivity index (χ3v) is 5.50. The van der Waals surface area contributed by atoms with E-state index in [9.17, 15) is 4.79 Å². The number of amides is 1. The molecule has 1 N–H and O–H groups in total. The number of aromatic nitrogens is 3. The van der Waals surface area contributed by atoms with Gasteiger partial charge in [0.25, 0.3) is 0 Å². The van der Waals surface area contributed by atoms with E-state index >= 15 is 0 Å². The van der Waals surface area contributed by atoms with E-state index in [0.29, 0.717) is 17.7 Å². The summed E-state index contributed by atoms with van der Waals surface area (Å²) < 4.78 is 2.29. The standard InChI is InChI=1S/C18H22N4OS/c1-12(13-5-3-2-4-6-13)19-16(23)11-24-18-21-20-17(14-7-8-14)22(18)15-9-10-15/h2-6,12,14-15H,7-11H2,1H3,(H,19,23)/t12-/m1/s1. The van der Waals surface area contributed by atoms with Crippen LogP contribution in [0.2, 0.25) is 0 Å². The topological polar surface area (TPSA) is 59.8 Å². The van der Waals surface area contributed by atoms with Gasteiger partial charge in [0.05, 0.1) is 11.8 Å². The Labute approximate surface area is 146 Å². The van der Waals surface area contributed by atoms with Crippen molar-refractivity contribution in [3.63, 3.8) is 0 Å². The highest BCUT2D eigenvalue weighted by atomic mass is 32.2. The van der Waals surface area contributed by atoms with E-state index in [1.807, 2.05) is 37.3 Å². The molecule has 0 unspecified atom stereocenters. The molecule has 0 aliphatic heterocycles. The Bertz CT molecular complexity index is 722. The number of nitrogens with one attached hydrogen (secondary N) is 1. The fourth-order valence-electron chi connectivity index (χ4n) is 2.92. The molecule has 2 fully saturated rings. The van der Waals surface area contributed by atoms with Crippen LogP contribution in [0.3, 0.4) is 0 Å². The Hall–Kier alpha value is -1.82. The van der Waals surface area contributed by atoms with E-state index in [0.717, 1.165) is 16.5 Å². The predicted molar refractivity (Wildman–Crippen MR) is 94.0 cm³/mol. The first kappa shape index (κ1) is 15.7. The number of carbonyl (C=O) groups excluding carboxylic acids is 1. The lowest BCUT2D eigenvalue weighted by Gasteiger charge is -2.14. The van der Waals surface area contributed by atoms with Crippen LogP contribution in [-0.2, 0) is 4.79 Å². The molecule has 0 radical (unpaired) electrons. The first-order valence-electron chi connectivity index (χ1n) is 8.64. The second-order valence-corrected chi connectivity index (χ2v) is 7.65. The molecule has 2 aromatic rings. The van der Waals surface area contributed by atoms with Crippen molar-refractivity contribution in [1.82, 2.24) is 20.1 Å². The van der Waals surface area contributed by atoms with Gasteiger partial charge in [-0.2, -0.15) is 0 Å². The lowest BCUT2D eigenvalue weighted by atomic mass is 10.1. The number of carbonyl (C=O) groups is 1. The minimum atomic E-state index is 0.0163. The normalized spacial score (nSPS) is 18.4. The van der Waals surface area contributed by atoms with Gasteiger partial charge in [0.1, 0.15) is 5.82 Å². The quantitative estimate of drug-likeness (QED) is 0.783. The highest BCUT2D eigenvalue weighted by molar-refractivity contribution is 7.99. The van der Waals surface area contributed by atoms with E-state index < -0.39 is 0 Å². The summed E-state index contributed by atoms with van der Waals surface area (Å²) in [6, 6.07) is 10.6. The van der Waals surface area contributed by atoms with Crippen molar-refractivity contribution in [2.24, 2.45) is 0 Å². The molecule has 0 spiro atoms. The summed E-state index contributed by atoms with van der Waals surface area (Å²) in [5.74, 6) is 2.15. The maximum absolute atomic E-state index is 12.3. The fourth-order valence-corrected chi connectivity index (χ4v) is 3.74. The van der Waals surface area contributed by atoms with Crippen LogP contribution in [0.25, 0.3) is 0 Å². The molecule has 0 bridgehead atoms. The number of hydrogen-bond donors (Lipinski definition) is 1. The van der Waals surface area contributed by atoms with Crippen molar-refractivity contribution in [3.05, 3.63) is 41.7 Å². The highest BCUT2D eigenvalue weighted by Gasteiger charge is 2.36. The predicted octanol–water partition coefficient (Wildman–Crippen LogP) is 3.46. The van der Waals surface area contributed by atoms with Crippen molar-refractivity contribution in [2.75, 3.05) is 5.75 Å². The van der Waals surface area contributed by atoms with Crippen molar-refractivity contribution in [1.29, 1.82) is 0 Å². The molecule has 1 aromatic heterocycles. The van der Waals surface area contributed by atoms with Crippen LogP contribution in [0, 0.1) is 0 Å². The average molecular weight is 342 g/mol. The van der Waals surface area contributed by atoms with Gasteiger partial charge in [-0.15, -0.1) is 10.2 Å². The molecule has 0 saturated heterocycles. The summed E-state index contributed by atoms with van der Waals surface area (Å²) in [5, 5.41) is 12.7. The minimum absolute atomic E-state index is 0.0163. The molecular weight excluding hydrogens is 320 g/mol. The second-order valence-electron chi connectivity index (χ2n) is 6.70. The average Bonchev–Trinajstić information content (AvgIpc) is 3.52. The number of nitrogens with zero attached hydrogens (tertiary/aromatic N) is 3. The lowest BCUT2D eigenvalue weighted by molar-refractivity contribution is -0.119. The maximum Gasteiger partial charge on any atom is 0.230 e. The van der Waals surface area contributed by atoms with E-state index in [2.05, 4.69) is 20.1 Å². The SMILES string of the molecule is C[C@@H](NC(=O)CSc1nnc(C2CC2)n1C1CC1)c1ccccc1. The Kier molecular flexibility index (Phi) is 4.31. The summed E-state index contributed by atoms with van der Waals surface area (Å²) in [4.78, 5) is 12.3. The maximum atomic E-state index is 12.3. The van der Waals surface area contributed by atoms with Gasteiger partial charge in [0, 0.05) is 12.0 Å². The molecule has 24 heavy (non-hydrogen) atoms. The van der Waals surface area contributed by atoms with Gasteiger partial charge >= 0.3 is 0 Å². The van der Waals surface area contributed by atoms with Crippen LogP contribution in [0.1, 0.15) is 62.0 Å². The third kappa shape index (κ3) is 3.48. The van der Waals surface area contributed by atoms with E-state index in [-0.39, 0.29) is 11.9 Å². The first-order chi connectivity index (χ1) is 11.7. The molecule has 2 aliphatic rings. The van der Waals surface area contributed by atoms with Crippen LogP contribution in [0.5, 0.6) is 0 Å². The molecule has 1 amide bonds. The smallest absolute Gasteiger partial charge is 0.230 e. The number of thioether (sulfide) groups is 1. The zero-order valence-electron chi connectivity index (χ0n) is 13.8. The van der Waals surface area contributed by atoms with Gasteiger partial charge in [0.15, 0.2) is 5.16 Å². The summed E-state index contributed by atoms with van der Waals surface area (Å²) in [6.07, 6.45) is 4.88. The van der Waals surface area contributed by atoms with Crippen molar-refractivity contribution < 1.29 is 4.79 Å². The third-order valence-electron chi connectivity index (χ3n) is 4.55. The lowest BCUT2D eigenvalue weighted by Crippen LogP contribution is -2.28. The van der Waals surface area contributed by atoms with Gasteiger partial charge in [-0.25, -0.2) is 0 Å². The van der Waals surface area contributed by atoms with Crippen LogP contribution in [0.4, 0.5) is 0 Å². The zero-order valence-corrected chi connectivity index (χ0v) is 14.6. The second kappa shape index (κ2) is 6.59. The molecule has 6 heteroatoms. The summed E-state index contributed by atoms with van der Waals surface area (Å²) in [5.41, 5.74) is 1.12. The van der Waals surface area contributed by atoms with Gasteiger partial charge in [-0.1, -0.05) is 42.1 Å². The van der Waals surface area contributed by atoms with Crippen molar-refractivity contribution >= 4 is 17.7 Å². The summed E-state index contributed by atoms with van der Waals surface area (Å²) >= 11 is 1.50. The van der Waals surface area contributed by atoms with Crippen LogP contribution < -0.4 is 5.32 Å². The molecule has 5 nitrogen and oxygen atoms in total. The van der Waals surface area contributed by atoms with Gasteiger partial charge in [-0.3, -0.25) is 4.79 Å². The van der Waals surface area contributed by atoms with Gasteiger partial charge in [0.2, 0.25) is 5.91 Å². The van der Waals surface area contributed by atoms with Gasteiger partial charge < -0.3 is 9.88 Å². The number of benzene rings is 1. The fraction of sp³-hybridized carbons (Fsp3) is 0.500. The molecule has 1 heterocycles. The molecule has 2 saturated carbocycles. The largest absolute Gasteiger partial charge is 0.349 e. The van der Waals surface area contributed by atoms with Crippen LogP contribution in [-0.4, -0.2) is 26.4 Å². The van der Waals surface area contributed by atoms with E-state index in [1.165, 1.54) is 37.4 Å². The van der Waals surface area contributed by atoms with Crippen molar-refractivity contribution in [2.45, 2.75) is 55.8 Å². The Morgan fingerprint density at radius 2 is 2.00 bits per heavy atom. The minimum Gasteiger partial charge on any atom is -0.349 e. The molecule has 4 rings (SSSR count). The number of hydrogen-bond acceptors (Lipinski definition) is 4. The molecule has 2 aliphatic carbocycles. The van der Waals surface area contributed by atoms with Gasteiger partial charge in [-0.05, 0) is 38.2 Å². The summed E-state index contributed by atoms with van der Waals surface area (Å²) in [6.45, 7) is 2.01. The first-order valence-corrected chi connectivity index (χ1v) is 9.63. The molecule has 126 valence electrons. The molecule has 1 aromatic carbocycles. The highest BCUT2D eigenvalue weighted by Crippen LogP contribution is 2.45. The van der Waals surface area contributed by atoms with Crippen molar-refractivity contribution in [3.8, 4) is 0 Å². The number of rotatable bonds is 7. The zero-order chi connectivity index (χ0) is 16.5. The Morgan fingerprint density at radius 1 is 1.25 bits per heavy atom. The van der Waals surface area contributed by atoms with E-state index in [4.69, 9.17) is 0 Å². The Morgan fingerprint density at radius 3 is 2.67 bits per heavy atom. The van der Waals surface area contributed by atoms with Crippen LogP contribution >= 0.6 is 11.8 Å².